The van der Waals surface area contributed by atoms with E-state index in [9.17, 15) is 0 Å². The van der Waals surface area contributed by atoms with Crippen molar-refractivity contribution in [2.24, 2.45) is 5.73 Å². The lowest BCUT2D eigenvalue weighted by Crippen LogP contribution is -2.56. The van der Waals surface area contributed by atoms with E-state index >= 15 is 0 Å². The molecule has 1 saturated heterocycles. The molecule has 1 aliphatic rings. The summed E-state index contributed by atoms with van der Waals surface area (Å²) in [5.74, 6) is 0.828. The number of pyridine rings is 2. The lowest BCUT2D eigenvalue weighted by atomic mass is 10.1. The maximum Gasteiger partial charge on any atom is 0.155 e. The molecule has 0 radical (unpaired) electrons. The van der Waals surface area contributed by atoms with Crippen LogP contribution < -0.4 is 10.6 Å². The molecule has 7 rings (SSSR count). The van der Waals surface area contributed by atoms with Crippen LogP contribution in [0.4, 0.5) is 5.82 Å². The first-order valence-electron chi connectivity index (χ1n) is 10.9. The molecule has 0 atom stereocenters. The first-order chi connectivity index (χ1) is 16.7. The minimum atomic E-state index is 0.197. The van der Waals surface area contributed by atoms with Gasteiger partial charge in [-0.05, 0) is 29.6 Å². The first kappa shape index (κ1) is 19.3. The molecule has 7 heterocycles. The number of nitrogens with zero attached hydrogens (tertiary/aromatic N) is 6. The summed E-state index contributed by atoms with van der Waals surface area (Å²) in [6.45, 7) is 1.59. The zero-order valence-corrected chi connectivity index (χ0v) is 18.8. The molecule has 0 saturated carbocycles. The van der Waals surface area contributed by atoms with Crippen LogP contribution in [0.1, 0.15) is 0 Å². The Morgan fingerprint density at radius 2 is 1.97 bits per heavy atom. The van der Waals surface area contributed by atoms with Crippen LogP contribution in [0.5, 0.6) is 0 Å². The maximum absolute atomic E-state index is 5.93. The topological polar surface area (TPSA) is 125 Å². The van der Waals surface area contributed by atoms with Crippen molar-refractivity contribution in [3.63, 3.8) is 0 Å². The van der Waals surface area contributed by atoms with Gasteiger partial charge in [0.15, 0.2) is 5.65 Å². The first-order valence-corrected chi connectivity index (χ1v) is 11.8. The third-order valence-electron chi connectivity index (χ3n) is 6.14. The van der Waals surface area contributed by atoms with Crippen LogP contribution in [0.15, 0.2) is 60.5 Å². The van der Waals surface area contributed by atoms with Gasteiger partial charge in [-0.25, -0.2) is 15.0 Å². The Labute approximate surface area is 197 Å². The summed E-state index contributed by atoms with van der Waals surface area (Å²) in [7, 11) is 0. The molecule has 6 aromatic rings. The second-order valence-electron chi connectivity index (χ2n) is 8.40. The van der Waals surface area contributed by atoms with Crippen molar-refractivity contribution in [2.75, 3.05) is 18.0 Å². The fourth-order valence-corrected chi connectivity index (χ4v) is 5.16. The van der Waals surface area contributed by atoms with E-state index in [1.165, 1.54) is 4.88 Å². The molecule has 34 heavy (non-hydrogen) atoms. The van der Waals surface area contributed by atoms with Gasteiger partial charge in [0.1, 0.15) is 17.2 Å². The number of aromatic nitrogens is 7. The third kappa shape index (κ3) is 3.07. The number of aromatic amines is 2. The number of hydrogen-bond acceptors (Lipinski definition) is 8. The summed E-state index contributed by atoms with van der Waals surface area (Å²) in [6.07, 6.45) is 7.15. The van der Waals surface area contributed by atoms with E-state index < -0.39 is 0 Å². The van der Waals surface area contributed by atoms with Crippen LogP contribution in [0.3, 0.4) is 0 Å². The van der Waals surface area contributed by atoms with E-state index in [2.05, 4.69) is 64.7 Å². The quantitative estimate of drug-likeness (QED) is 0.361. The molecule has 4 N–H and O–H groups in total. The second-order valence-corrected chi connectivity index (χ2v) is 9.35. The van der Waals surface area contributed by atoms with Gasteiger partial charge >= 0.3 is 0 Å². The molecule has 0 amide bonds. The molecule has 0 spiro atoms. The lowest BCUT2D eigenvalue weighted by molar-refractivity contribution is 0.514. The average molecular weight is 466 g/mol. The average Bonchev–Trinajstić information content (AvgIpc) is 3.60. The van der Waals surface area contributed by atoms with Gasteiger partial charge in [0.25, 0.3) is 0 Å². The molecule has 0 unspecified atom stereocenters. The van der Waals surface area contributed by atoms with Crippen LogP contribution in [-0.2, 0) is 0 Å². The van der Waals surface area contributed by atoms with Crippen molar-refractivity contribution < 1.29 is 0 Å². The van der Waals surface area contributed by atoms with Crippen LogP contribution in [-0.4, -0.2) is 54.2 Å². The SMILES string of the molecule is NC1CN(c2cncc(-c3cnc4[nH]nc(-c5cc6c(-c7cccs7)ccnc6[nH]5)c4c3)n2)C1. The van der Waals surface area contributed by atoms with E-state index in [-0.39, 0.29) is 6.04 Å². The van der Waals surface area contributed by atoms with Crippen molar-refractivity contribution in [3.8, 4) is 33.1 Å². The van der Waals surface area contributed by atoms with E-state index in [0.29, 0.717) is 5.65 Å². The standard InChI is InChI=1S/C24H19N9S/c25-14-11-33(12-14)21-10-26-9-19(29-21)13-6-17-22(31-32-24(17)28-8-13)18-7-16-15(20-2-1-5-34-20)3-4-27-23(16)30-18/h1-10,14H,11-12,25H2,(H,27,30)(H,28,31,32). The summed E-state index contributed by atoms with van der Waals surface area (Å²) in [4.78, 5) is 25.1. The summed E-state index contributed by atoms with van der Waals surface area (Å²) >= 11 is 1.71. The number of fused-ring (bicyclic) bond motifs is 2. The zero-order valence-electron chi connectivity index (χ0n) is 17.9. The van der Waals surface area contributed by atoms with Crippen LogP contribution in [0, 0.1) is 0 Å². The van der Waals surface area contributed by atoms with Gasteiger partial charge in [0, 0.05) is 58.3 Å². The number of thiophene rings is 1. The van der Waals surface area contributed by atoms with Crippen molar-refractivity contribution in [1.29, 1.82) is 0 Å². The van der Waals surface area contributed by atoms with Gasteiger partial charge in [-0.2, -0.15) is 5.10 Å². The van der Waals surface area contributed by atoms with E-state index in [0.717, 1.165) is 63.5 Å². The fraction of sp³-hybridized carbons (Fsp3) is 0.125. The number of nitrogens with two attached hydrogens (primary N) is 1. The van der Waals surface area contributed by atoms with E-state index in [4.69, 9.17) is 10.7 Å². The molecule has 1 fully saturated rings. The van der Waals surface area contributed by atoms with Crippen LogP contribution >= 0.6 is 11.3 Å². The Morgan fingerprint density at radius 3 is 2.82 bits per heavy atom. The predicted octanol–water partition coefficient (Wildman–Crippen LogP) is 3.83. The minimum Gasteiger partial charge on any atom is -0.352 e. The van der Waals surface area contributed by atoms with Gasteiger partial charge in [-0.3, -0.25) is 10.1 Å². The Hall–Kier alpha value is -4.15. The molecular weight excluding hydrogens is 446 g/mol. The Morgan fingerprint density at radius 1 is 1.03 bits per heavy atom. The molecule has 1 aliphatic heterocycles. The monoisotopic (exact) mass is 465 g/mol. The molecule has 0 aromatic carbocycles. The number of rotatable bonds is 4. The van der Waals surface area contributed by atoms with Crippen molar-refractivity contribution in [3.05, 3.63) is 60.5 Å². The van der Waals surface area contributed by atoms with Gasteiger partial charge in [0.05, 0.1) is 23.8 Å². The molecule has 6 aromatic heterocycles. The Kier molecular flexibility index (Phi) is 4.23. The van der Waals surface area contributed by atoms with Gasteiger partial charge in [-0.1, -0.05) is 6.07 Å². The van der Waals surface area contributed by atoms with E-state index in [1.54, 1.807) is 29.9 Å². The zero-order chi connectivity index (χ0) is 22.6. The molecule has 9 nitrogen and oxygen atoms in total. The minimum absolute atomic E-state index is 0.197. The Bertz CT molecular complexity index is 1640. The number of hydrogen-bond donors (Lipinski definition) is 3. The highest BCUT2D eigenvalue weighted by Gasteiger charge is 2.25. The fourth-order valence-electron chi connectivity index (χ4n) is 4.40. The summed E-state index contributed by atoms with van der Waals surface area (Å²) in [5, 5.41) is 11.7. The van der Waals surface area contributed by atoms with Crippen molar-refractivity contribution in [2.45, 2.75) is 6.04 Å². The maximum atomic E-state index is 5.93. The van der Waals surface area contributed by atoms with Gasteiger partial charge in [-0.15, -0.1) is 11.3 Å². The Balaban J connectivity index is 1.31. The third-order valence-corrected chi connectivity index (χ3v) is 7.04. The van der Waals surface area contributed by atoms with Crippen LogP contribution in [0.2, 0.25) is 0 Å². The molecule has 0 aliphatic carbocycles. The van der Waals surface area contributed by atoms with Crippen LogP contribution in [0.25, 0.3) is 55.2 Å². The number of anilines is 1. The highest BCUT2D eigenvalue weighted by molar-refractivity contribution is 7.13. The molecule has 0 bridgehead atoms. The highest BCUT2D eigenvalue weighted by atomic mass is 32.1. The molecule has 10 heteroatoms. The largest absolute Gasteiger partial charge is 0.352 e. The van der Waals surface area contributed by atoms with Crippen molar-refractivity contribution >= 4 is 39.2 Å². The van der Waals surface area contributed by atoms with Crippen molar-refractivity contribution in [1.82, 2.24) is 35.1 Å². The number of nitrogens with one attached hydrogen (secondary N) is 2. The normalized spacial score (nSPS) is 14.2. The second kappa shape index (κ2) is 7.44. The molecule has 166 valence electrons. The summed E-state index contributed by atoms with van der Waals surface area (Å²) < 4.78 is 0. The predicted molar refractivity (Wildman–Crippen MR) is 134 cm³/mol. The summed E-state index contributed by atoms with van der Waals surface area (Å²) in [6, 6.07) is 10.6. The smallest absolute Gasteiger partial charge is 0.155 e. The number of H-pyrrole nitrogens is 2. The van der Waals surface area contributed by atoms with Gasteiger partial charge in [0.2, 0.25) is 0 Å². The summed E-state index contributed by atoms with van der Waals surface area (Å²) in [5.41, 5.74) is 11.9. The molecular formula is C24H19N9S. The van der Waals surface area contributed by atoms with Gasteiger partial charge < -0.3 is 15.6 Å². The highest BCUT2D eigenvalue weighted by Crippen LogP contribution is 2.35. The van der Waals surface area contributed by atoms with E-state index in [1.807, 2.05) is 12.3 Å². The lowest BCUT2D eigenvalue weighted by Gasteiger charge is -2.37.